The van der Waals surface area contributed by atoms with Crippen molar-refractivity contribution in [1.29, 1.82) is 0 Å². The van der Waals surface area contributed by atoms with Crippen LogP contribution >= 0.6 is 0 Å². The summed E-state index contributed by atoms with van der Waals surface area (Å²) in [5, 5.41) is 8.70. The molecule has 1 aliphatic rings. The Kier molecular flexibility index (Phi) is 3.46. The molecule has 1 aromatic carbocycles. The van der Waals surface area contributed by atoms with Crippen molar-refractivity contribution in [2.45, 2.75) is 18.7 Å². The van der Waals surface area contributed by atoms with E-state index in [9.17, 15) is 18.0 Å². The summed E-state index contributed by atoms with van der Waals surface area (Å²) in [6.07, 6.45) is -5.73. The summed E-state index contributed by atoms with van der Waals surface area (Å²) in [4.78, 5) is 14.5. The number of aliphatic imine (C=N–C) groups is 1. The van der Waals surface area contributed by atoms with Crippen LogP contribution in [-0.4, -0.2) is 29.6 Å². The van der Waals surface area contributed by atoms with Crippen molar-refractivity contribution >= 4 is 11.9 Å². The van der Waals surface area contributed by atoms with Crippen LogP contribution in [0.2, 0.25) is 0 Å². The molecular formula is C12H10F3NO3. The van der Waals surface area contributed by atoms with Gasteiger partial charge in [-0.05, 0) is 11.6 Å². The highest BCUT2D eigenvalue weighted by molar-refractivity contribution is 5.85. The van der Waals surface area contributed by atoms with Gasteiger partial charge < -0.3 is 9.84 Å². The first kappa shape index (κ1) is 13.4. The predicted molar refractivity (Wildman–Crippen MR) is 60.0 cm³/mol. The first-order valence-electron chi connectivity index (χ1n) is 5.46. The quantitative estimate of drug-likeness (QED) is 0.917. The first-order valence-corrected chi connectivity index (χ1v) is 5.46. The fourth-order valence-electron chi connectivity index (χ4n) is 1.76. The van der Waals surface area contributed by atoms with E-state index in [1.54, 1.807) is 0 Å². The monoisotopic (exact) mass is 273 g/mol. The molecule has 0 bridgehead atoms. The summed E-state index contributed by atoms with van der Waals surface area (Å²) in [7, 11) is 0. The van der Waals surface area contributed by atoms with Crippen molar-refractivity contribution in [3.8, 4) is 0 Å². The van der Waals surface area contributed by atoms with Crippen LogP contribution in [0.3, 0.4) is 0 Å². The van der Waals surface area contributed by atoms with Gasteiger partial charge in [-0.2, -0.15) is 13.2 Å². The SMILES string of the molecule is O=C(O)C1CN=C(Cc2ccccc2C(F)(F)F)O1. The molecule has 7 heteroatoms. The maximum atomic E-state index is 12.8. The summed E-state index contributed by atoms with van der Waals surface area (Å²) in [6, 6.07) is 5.07. The largest absolute Gasteiger partial charge is 0.478 e. The summed E-state index contributed by atoms with van der Waals surface area (Å²) in [5.74, 6) is -1.16. The van der Waals surface area contributed by atoms with Crippen molar-refractivity contribution in [3.63, 3.8) is 0 Å². The van der Waals surface area contributed by atoms with Crippen LogP contribution in [-0.2, 0) is 22.1 Å². The van der Waals surface area contributed by atoms with Gasteiger partial charge in [0.25, 0.3) is 0 Å². The van der Waals surface area contributed by atoms with Gasteiger partial charge in [-0.25, -0.2) is 4.79 Å². The van der Waals surface area contributed by atoms with Crippen LogP contribution in [0.1, 0.15) is 11.1 Å². The molecule has 0 saturated carbocycles. The van der Waals surface area contributed by atoms with Gasteiger partial charge in [0.1, 0.15) is 0 Å². The van der Waals surface area contributed by atoms with Gasteiger partial charge in [0, 0.05) is 6.42 Å². The minimum absolute atomic E-state index is 0.0137. The number of hydrogen-bond donors (Lipinski definition) is 1. The van der Waals surface area contributed by atoms with Crippen molar-refractivity contribution < 1.29 is 27.8 Å². The highest BCUT2D eigenvalue weighted by Crippen LogP contribution is 2.32. The van der Waals surface area contributed by atoms with Crippen LogP contribution in [0.25, 0.3) is 0 Å². The summed E-state index contributed by atoms with van der Waals surface area (Å²) >= 11 is 0. The number of benzene rings is 1. The van der Waals surface area contributed by atoms with E-state index >= 15 is 0 Å². The molecule has 102 valence electrons. The Morgan fingerprint density at radius 1 is 1.42 bits per heavy atom. The number of ether oxygens (including phenoxy) is 1. The molecule has 0 fully saturated rings. The van der Waals surface area contributed by atoms with Crippen LogP contribution in [0.15, 0.2) is 29.3 Å². The van der Waals surface area contributed by atoms with E-state index in [1.807, 2.05) is 0 Å². The molecule has 0 amide bonds. The molecule has 1 heterocycles. The molecule has 1 unspecified atom stereocenters. The minimum Gasteiger partial charge on any atom is -0.478 e. The van der Waals surface area contributed by atoms with Gasteiger partial charge in [-0.1, -0.05) is 18.2 Å². The molecule has 1 atom stereocenters. The second kappa shape index (κ2) is 4.91. The first-order chi connectivity index (χ1) is 8.88. The lowest BCUT2D eigenvalue weighted by Crippen LogP contribution is -2.24. The molecule has 0 radical (unpaired) electrons. The molecule has 0 aromatic heterocycles. The molecule has 19 heavy (non-hydrogen) atoms. The summed E-state index contributed by atoms with van der Waals surface area (Å²) < 4.78 is 43.2. The summed E-state index contributed by atoms with van der Waals surface area (Å²) in [6.45, 7) is -0.0706. The van der Waals surface area contributed by atoms with Crippen LogP contribution in [0.4, 0.5) is 13.2 Å². The number of aliphatic carboxylic acids is 1. The number of rotatable bonds is 3. The standard InChI is InChI=1S/C12H10F3NO3/c13-12(14,15)8-4-2-1-3-7(8)5-10-16-6-9(19-10)11(17)18/h1-4,9H,5-6H2,(H,17,18). The van der Waals surface area contributed by atoms with Crippen LogP contribution in [0.5, 0.6) is 0 Å². The maximum Gasteiger partial charge on any atom is 0.416 e. The number of carboxylic acid groups (broad SMARTS) is 1. The smallest absolute Gasteiger partial charge is 0.416 e. The zero-order valence-corrected chi connectivity index (χ0v) is 9.65. The molecular weight excluding hydrogens is 263 g/mol. The Bertz CT molecular complexity index is 525. The van der Waals surface area contributed by atoms with Crippen molar-refractivity contribution in [3.05, 3.63) is 35.4 Å². The average Bonchev–Trinajstić information content (AvgIpc) is 2.77. The van der Waals surface area contributed by atoms with E-state index in [4.69, 9.17) is 9.84 Å². The molecule has 1 N–H and O–H groups in total. The number of alkyl halides is 3. The molecule has 0 aliphatic carbocycles. The third-order valence-corrected chi connectivity index (χ3v) is 2.65. The topological polar surface area (TPSA) is 58.9 Å². The summed E-state index contributed by atoms with van der Waals surface area (Å²) in [5.41, 5.74) is -0.750. The zero-order valence-electron chi connectivity index (χ0n) is 9.65. The number of halogens is 3. The molecule has 0 saturated heterocycles. The van der Waals surface area contributed by atoms with Gasteiger partial charge in [-0.3, -0.25) is 4.99 Å². The normalized spacial score (nSPS) is 18.9. The molecule has 1 aliphatic heterocycles. The molecule has 4 nitrogen and oxygen atoms in total. The Labute approximate surface area is 106 Å². The fourth-order valence-corrected chi connectivity index (χ4v) is 1.76. The Hall–Kier alpha value is -2.05. The van der Waals surface area contributed by atoms with E-state index in [2.05, 4.69) is 4.99 Å². The third kappa shape index (κ3) is 3.04. The number of carbonyl (C=O) groups is 1. The average molecular weight is 273 g/mol. The highest BCUT2D eigenvalue weighted by Gasteiger charge is 2.34. The van der Waals surface area contributed by atoms with Crippen molar-refractivity contribution in [2.24, 2.45) is 4.99 Å². The molecule has 0 spiro atoms. The number of carboxylic acids is 1. The second-order valence-corrected chi connectivity index (χ2v) is 4.01. The van der Waals surface area contributed by atoms with E-state index in [-0.39, 0.29) is 24.4 Å². The Morgan fingerprint density at radius 2 is 2.11 bits per heavy atom. The van der Waals surface area contributed by atoms with Gasteiger partial charge >= 0.3 is 12.1 Å². The number of hydrogen-bond acceptors (Lipinski definition) is 3. The van der Waals surface area contributed by atoms with Crippen molar-refractivity contribution in [1.82, 2.24) is 0 Å². The van der Waals surface area contributed by atoms with Gasteiger partial charge in [0.05, 0.1) is 12.1 Å². The van der Waals surface area contributed by atoms with E-state index in [0.29, 0.717) is 0 Å². The van der Waals surface area contributed by atoms with Gasteiger partial charge in [0.15, 0.2) is 5.90 Å². The number of nitrogens with zero attached hydrogens (tertiary/aromatic N) is 1. The minimum atomic E-state index is -4.46. The Morgan fingerprint density at radius 3 is 2.68 bits per heavy atom. The fraction of sp³-hybridized carbons (Fsp3) is 0.333. The maximum absolute atomic E-state index is 12.8. The predicted octanol–water partition coefficient (Wildman–Crippen LogP) is 2.13. The lowest BCUT2D eigenvalue weighted by atomic mass is 10.0. The van der Waals surface area contributed by atoms with Crippen LogP contribution in [0, 0.1) is 0 Å². The third-order valence-electron chi connectivity index (χ3n) is 2.65. The lowest BCUT2D eigenvalue weighted by molar-refractivity contribution is -0.144. The van der Waals surface area contributed by atoms with E-state index < -0.39 is 23.8 Å². The van der Waals surface area contributed by atoms with Crippen LogP contribution < -0.4 is 0 Å². The second-order valence-electron chi connectivity index (χ2n) is 4.01. The van der Waals surface area contributed by atoms with E-state index in [1.165, 1.54) is 18.2 Å². The highest BCUT2D eigenvalue weighted by atomic mass is 19.4. The Balaban J connectivity index is 2.15. The molecule has 1 aromatic rings. The van der Waals surface area contributed by atoms with Gasteiger partial charge in [-0.15, -0.1) is 0 Å². The van der Waals surface area contributed by atoms with Crippen molar-refractivity contribution in [2.75, 3.05) is 6.54 Å². The van der Waals surface area contributed by atoms with Gasteiger partial charge in [0.2, 0.25) is 6.10 Å². The molecule has 2 rings (SSSR count). The van der Waals surface area contributed by atoms with E-state index in [0.717, 1.165) is 6.07 Å². The lowest BCUT2D eigenvalue weighted by Gasteiger charge is -2.12. The zero-order chi connectivity index (χ0) is 14.0.